The van der Waals surface area contributed by atoms with Crippen LogP contribution in [0.2, 0.25) is 0 Å². The molecule has 0 heterocycles. The number of esters is 1. The van der Waals surface area contributed by atoms with Gasteiger partial charge >= 0.3 is 5.97 Å². The lowest BCUT2D eigenvalue weighted by Gasteiger charge is -2.20. The van der Waals surface area contributed by atoms with E-state index in [-0.39, 0.29) is 5.97 Å². The second-order valence-corrected chi connectivity index (χ2v) is 11.6. The second kappa shape index (κ2) is 16.0. The van der Waals surface area contributed by atoms with Gasteiger partial charge in [-0.15, -0.1) is 0 Å². The fourth-order valence-corrected chi connectivity index (χ4v) is 6.03. The third-order valence-electron chi connectivity index (χ3n) is 7.47. The normalized spacial score (nSPS) is 14.5. The predicted octanol–water partition coefficient (Wildman–Crippen LogP) is 8.88. The number of carbonyl (C=O) groups is 2. The summed E-state index contributed by atoms with van der Waals surface area (Å²) in [6.07, 6.45) is 8.71. The SMILES string of the molecule is CCOC(=O)c1cc(OCC)c(I)c(OCc2ccccc2)c1.CCOc1cc(C=O)cc(C2CC2)c1C1CCCC1. The van der Waals surface area contributed by atoms with Crippen LogP contribution in [0, 0.1) is 3.57 Å². The van der Waals surface area contributed by atoms with Crippen LogP contribution in [0.1, 0.15) is 109 Å². The van der Waals surface area contributed by atoms with E-state index in [1.807, 2.05) is 50.2 Å². The molecule has 2 saturated carbocycles. The molecule has 6 nitrogen and oxygen atoms in total. The molecule has 224 valence electrons. The van der Waals surface area contributed by atoms with Crippen molar-refractivity contribution in [1.29, 1.82) is 0 Å². The molecular formula is C35H41IO6. The van der Waals surface area contributed by atoms with E-state index in [0.717, 1.165) is 26.7 Å². The van der Waals surface area contributed by atoms with Gasteiger partial charge in [-0.05, 0) is 116 Å². The van der Waals surface area contributed by atoms with E-state index >= 15 is 0 Å². The maximum Gasteiger partial charge on any atom is 0.338 e. The number of halogens is 1. The highest BCUT2D eigenvalue weighted by atomic mass is 127. The first-order valence-corrected chi connectivity index (χ1v) is 16.1. The number of benzene rings is 3. The van der Waals surface area contributed by atoms with Gasteiger partial charge in [0.1, 0.15) is 30.1 Å². The maximum atomic E-state index is 12.0. The lowest BCUT2D eigenvalue weighted by Crippen LogP contribution is -2.07. The first-order valence-electron chi connectivity index (χ1n) is 15.0. The zero-order valence-electron chi connectivity index (χ0n) is 24.8. The van der Waals surface area contributed by atoms with Crippen molar-refractivity contribution in [2.24, 2.45) is 0 Å². The third-order valence-corrected chi connectivity index (χ3v) is 8.53. The molecular weight excluding hydrogens is 643 g/mol. The molecule has 2 aliphatic rings. The summed E-state index contributed by atoms with van der Waals surface area (Å²) in [4.78, 5) is 23.1. The van der Waals surface area contributed by atoms with Crippen LogP contribution in [0.3, 0.4) is 0 Å². The topological polar surface area (TPSA) is 71.1 Å². The molecule has 3 aromatic rings. The standard InChI is InChI=1S/C18H19IO4.C17H22O2/c1-3-21-15-10-14(18(20)22-4-2)11-16(17(15)19)23-12-13-8-6-5-7-9-13;1-2-19-16-10-12(11-18)9-15(13-7-8-13)17(16)14-5-3-4-6-14/h5-11H,3-4,12H2,1-2H3;9-11,13-14H,2-8H2,1H3. The van der Waals surface area contributed by atoms with Gasteiger partial charge in [-0.25, -0.2) is 4.79 Å². The molecule has 5 rings (SSSR count). The van der Waals surface area contributed by atoms with E-state index in [1.54, 1.807) is 19.1 Å². The number of hydrogen-bond acceptors (Lipinski definition) is 6. The van der Waals surface area contributed by atoms with Crippen molar-refractivity contribution in [3.05, 3.63) is 86.0 Å². The molecule has 2 aliphatic carbocycles. The van der Waals surface area contributed by atoms with Gasteiger partial charge < -0.3 is 18.9 Å². The van der Waals surface area contributed by atoms with Crippen LogP contribution in [0.5, 0.6) is 17.2 Å². The Kier molecular flexibility index (Phi) is 12.1. The molecule has 0 radical (unpaired) electrons. The Labute approximate surface area is 263 Å². The van der Waals surface area contributed by atoms with Crippen molar-refractivity contribution in [2.75, 3.05) is 19.8 Å². The summed E-state index contributed by atoms with van der Waals surface area (Å²) >= 11 is 2.17. The zero-order chi connectivity index (χ0) is 29.9. The average Bonchev–Trinajstić information content (AvgIpc) is 3.72. The molecule has 0 aliphatic heterocycles. The monoisotopic (exact) mass is 684 g/mol. The highest BCUT2D eigenvalue weighted by Gasteiger charge is 2.32. The molecule has 7 heteroatoms. The van der Waals surface area contributed by atoms with Crippen molar-refractivity contribution in [2.45, 2.75) is 77.7 Å². The Balaban J connectivity index is 0.000000196. The van der Waals surface area contributed by atoms with Gasteiger partial charge in [0.2, 0.25) is 0 Å². The fourth-order valence-electron chi connectivity index (χ4n) is 5.40. The summed E-state index contributed by atoms with van der Waals surface area (Å²) in [5.41, 5.74) is 5.08. The molecule has 0 atom stereocenters. The minimum Gasteiger partial charge on any atom is -0.494 e. The molecule has 0 aromatic heterocycles. The molecule has 0 unspecified atom stereocenters. The first-order chi connectivity index (χ1) is 20.5. The zero-order valence-corrected chi connectivity index (χ0v) is 27.0. The summed E-state index contributed by atoms with van der Waals surface area (Å²) in [5.74, 6) is 3.16. The Morgan fingerprint density at radius 3 is 2.05 bits per heavy atom. The molecule has 2 fully saturated rings. The predicted molar refractivity (Wildman–Crippen MR) is 173 cm³/mol. The smallest absolute Gasteiger partial charge is 0.338 e. The largest absolute Gasteiger partial charge is 0.494 e. The number of ether oxygens (including phenoxy) is 4. The Hall–Kier alpha value is -3.07. The van der Waals surface area contributed by atoms with Crippen LogP contribution in [0.15, 0.2) is 54.6 Å². The van der Waals surface area contributed by atoms with Crippen molar-refractivity contribution in [3.8, 4) is 17.2 Å². The number of hydrogen-bond donors (Lipinski definition) is 0. The first kappa shape index (κ1) is 31.9. The van der Waals surface area contributed by atoms with Crippen LogP contribution >= 0.6 is 22.6 Å². The summed E-state index contributed by atoms with van der Waals surface area (Å²) in [6, 6.07) is 17.3. The highest BCUT2D eigenvalue weighted by molar-refractivity contribution is 14.1. The molecule has 3 aromatic carbocycles. The lowest BCUT2D eigenvalue weighted by atomic mass is 9.88. The maximum absolute atomic E-state index is 12.0. The minimum absolute atomic E-state index is 0.328. The summed E-state index contributed by atoms with van der Waals surface area (Å²) < 4.78 is 23.2. The Morgan fingerprint density at radius 2 is 1.45 bits per heavy atom. The van der Waals surface area contributed by atoms with Crippen molar-refractivity contribution < 1.29 is 28.5 Å². The third kappa shape index (κ3) is 8.49. The molecule has 0 amide bonds. The van der Waals surface area contributed by atoms with E-state index < -0.39 is 0 Å². The number of aldehydes is 1. The lowest BCUT2D eigenvalue weighted by molar-refractivity contribution is 0.0525. The van der Waals surface area contributed by atoms with Crippen molar-refractivity contribution >= 4 is 34.8 Å². The quantitative estimate of drug-likeness (QED) is 0.108. The highest BCUT2D eigenvalue weighted by Crippen LogP contribution is 2.49. The van der Waals surface area contributed by atoms with Gasteiger partial charge in [0.05, 0.1) is 29.0 Å². The summed E-state index contributed by atoms with van der Waals surface area (Å²) in [7, 11) is 0. The molecule has 0 spiro atoms. The number of rotatable bonds is 12. The van der Waals surface area contributed by atoms with E-state index in [1.165, 1.54) is 49.7 Å². The van der Waals surface area contributed by atoms with Crippen LogP contribution in [-0.4, -0.2) is 32.1 Å². The van der Waals surface area contributed by atoms with E-state index in [0.29, 0.717) is 55.3 Å². The van der Waals surface area contributed by atoms with Gasteiger partial charge in [-0.2, -0.15) is 0 Å². The van der Waals surface area contributed by atoms with Crippen molar-refractivity contribution in [1.82, 2.24) is 0 Å². The van der Waals surface area contributed by atoms with Gasteiger partial charge in [0.15, 0.2) is 0 Å². The Morgan fingerprint density at radius 1 is 0.810 bits per heavy atom. The van der Waals surface area contributed by atoms with E-state index in [4.69, 9.17) is 18.9 Å². The molecule has 0 N–H and O–H groups in total. The van der Waals surface area contributed by atoms with Gasteiger partial charge in [-0.3, -0.25) is 4.79 Å². The van der Waals surface area contributed by atoms with E-state index in [2.05, 4.69) is 28.7 Å². The van der Waals surface area contributed by atoms with Crippen LogP contribution in [0.4, 0.5) is 0 Å². The fraction of sp³-hybridized carbons (Fsp3) is 0.429. The number of carbonyl (C=O) groups excluding carboxylic acids is 2. The van der Waals surface area contributed by atoms with Gasteiger partial charge in [0.25, 0.3) is 0 Å². The van der Waals surface area contributed by atoms with E-state index in [9.17, 15) is 9.59 Å². The molecule has 42 heavy (non-hydrogen) atoms. The van der Waals surface area contributed by atoms with Crippen LogP contribution in [-0.2, 0) is 11.3 Å². The average molecular weight is 685 g/mol. The van der Waals surface area contributed by atoms with Crippen LogP contribution < -0.4 is 14.2 Å². The minimum atomic E-state index is -0.380. The van der Waals surface area contributed by atoms with Gasteiger partial charge in [0, 0.05) is 11.1 Å². The molecule has 0 bridgehead atoms. The summed E-state index contributed by atoms with van der Waals surface area (Å²) in [6.45, 7) is 7.64. The van der Waals surface area contributed by atoms with Crippen LogP contribution in [0.25, 0.3) is 0 Å². The summed E-state index contributed by atoms with van der Waals surface area (Å²) in [5, 5.41) is 0. The molecule has 0 saturated heterocycles. The Bertz CT molecular complexity index is 1330. The second-order valence-electron chi connectivity index (χ2n) is 10.5. The van der Waals surface area contributed by atoms with Gasteiger partial charge in [-0.1, -0.05) is 43.2 Å². The van der Waals surface area contributed by atoms with Crippen molar-refractivity contribution in [3.63, 3.8) is 0 Å².